The fourth-order valence-electron chi connectivity index (χ4n) is 2.01. The van der Waals surface area contributed by atoms with Gasteiger partial charge in [-0.1, -0.05) is 18.2 Å². The van der Waals surface area contributed by atoms with Crippen molar-refractivity contribution >= 4 is 11.7 Å². The highest BCUT2D eigenvalue weighted by Gasteiger charge is 2.03. The molecule has 0 aliphatic heterocycles. The van der Waals surface area contributed by atoms with E-state index in [-0.39, 0.29) is 11.8 Å². The van der Waals surface area contributed by atoms with Crippen LogP contribution in [0.1, 0.15) is 16.7 Å². The number of carbonyl (C=O) groups is 1. The van der Waals surface area contributed by atoms with Gasteiger partial charge in [0.2, 0.25) is 0 Å². The van der Waals surface area contributed by atoms with E-state index in [1.54, 1.807) is 6.07 Å². The molecule has 0 saturated carbocycles. The Balaban J connectivity index is 1.81. The molecule has 3 nitrogen and oxygen atoms in total. The lowest BCUT2D eigenvalue weighted by Gasteiger charge is -2.09. The van der Waals surface area contributed by atoms with Crippen molar-refractivity contribution in [2.45, 2.75) is 20.3 Å². The van der Waals surface area contributed by atoms with Crippen LogP contribution >= 0.6 is 0 Å². The summed E-state index contributed by atoms with van der Waals surface area (Å²) in [6, 6.07) is 11.9. The SMILES string of the molecule is Cc1ccc(NC(=O)NCCc2cccc(F)c2)cc1C. The summed E-state index contributed by atoms with van der Waals surface area (Å²) in [5, 5.41) is 5.54. The zero-order valence-corrected chi connectivity index (χ0v) is 12.2. The highest BCUT2D eigenvalue weighted by Crippen LogP contribution is 2.13. The predicted molar refractivity (Wildman–Crippen MR) is 83.0 cm³/mol. The average molecular weight is 286 g/mol. The summed E-state index contributed by atoms with van der Waals surface area (Å²) in [5.41, 5.74) is 3.95. The number of aryl methyl sites for hydroxylation is 2. The Hall–Kier alpha value is -2.36. The van der Waals surface area contributed by atoms with Crippen LogP contribution in [0.3, 0.4) is 0 Å². The van der Waals surface area contributed by atoms with Gasteiger partial charge in [0.05, 0.1) is 0 Å². The van der Waals surface area contributed by atoms with Gasteiger partial charge in [0.25, 0.3) is 0 Å². The Labute approximate surface area is 124 Å². The van der Waals surface area contributed by atoms with E-state index >= 15 is 0 Å². The van der Waals surface area contributed by atoms with E-state index in [1.807, 2.05) is 38.1 Å². The van der Waals surface area contributed by atoms with Gasteiger partial charge in [-0.3, -0.25) is 0 Å². The first-order chi connectivity index (χ1) is 10.0. The maximum atomic E-state index is 13.0. The number of nitrogens with one attached hydrogen (secondary N) is 2. The lowest BCUT2D eigenvalue weighted by molar-refractivity contribution is 0.252. The molecule has 21 heavy (non-hydrogen) atoms. The van der Waals surface area contributed by atoms with Crippen LogP contribution in [-0.2, 0) is 6.42 Å². The van der Waals surface area contributed by atoms with Crippen LogP contribution in [0.2, 0.25) is 0 Å². The fourth-order valence-corrected chi connectivity index (χ4v) is 2.01. The number of hydrogen-bond acceptors (Lipinski definition) is 1. The molecule has 0 unspecified atom stereocenters. The van der Waals surface area contributed by atoms with Crippen LogP contribution in [0, 0.1) is 19.7 Å². The molecule has 0 aliphatic carbocycles. The van der Waals surface area contributed by atoms with Gasteiger partial charge in [0.15, 0.2) is 0 Å². The molecular formula is C17H19FN2O. The Morgan fingerprint density at radius 2 is 1.90 bits per heavy atom. The molecule has 0 heterocycles. The minimum atomic E-state index is -0.257. The van der Waals surface area contributed by atoms with Gasteiger partial charge in [0, 0.05) is 12.2 Å². The molecule has 0 bridgehead atoms. The molecular weight excluding hydrogens is 267 g/mol. The van der Waals surface area contributed by atoms with E-state index in [4.69, 9.17) is 0 Å². The molecule has 0 fully saturated rings. The van der Waals surface area contributed by atoms with Crippen molar-refractivity contribution in [3.63, 3.8) is 0 Å². The number of rotatable bonds is 4. The molecule has 0 radical (unpaired) electrons. The molecule has 0 aromatic heterocycles. The monoisotopic (exact) mass is 286 g/mol. The summed E-state index contributed by atoms with van der Waals surface area (Å²) in [7, 11) is 0. The predicted octanol–water partition coefficient (Wildman–Crippen LogP) is 3.81. The molecule has 0 aliphatic rings. The van der Waals surface area contributed by atoms with E-state index in [1.165, 1.54) is 17.7 Å². The van der Waals surface area contributed by atoms with Crippen molar-refractivity contribution in [3.05, 3.63) is 65.0 Å². The third-order valence-corrected chi connectivity index (χ3v) is 3.35. The molecule has 0 spiro atoms. The molecule has 0 saturated heterocycles. The van der Waals surface area contributed by atoms with Crippen molar-refractivity contribution in [2.24, 2.45) is 0 Å². The quantitative estimate of drug-likeness (QED) is 0.881. The highest BCUT2D eigenvalue weighted by atomic mass is 19.1. The van der Waals surface area contributed by atoms with Crippen LogP contribution < -0.4 is 10.6 Å². The smallest absolute Gasteiger partial charge is 0.319 e. The first-order valence-corrected chi connectivity index (χ1v) is 6.91. The summed E-state index contributed by atoms with van der Waals surface area (Å²) in [4.78, 5) is 11.8. The van der Waals surface area contributed by atoms with Gasteiger partial charge >= 0.3 is 6.03 Å². The second-order valence-electron chi connectivity index (χ2n) is 5.06. The molecule has 2 amide bonds. The van der Waals surface area contributed by atoms with E-state index in [0.717, 1.165) is 16.8 Å². The topological polar surface area (TPSA) is 41.1 Å². The van der Waals surface area contributed by atoms with Crippen LogP contribution in [0.4, 0.5) is 14.9 Å². The van der Waals surface area contributed by atoms with Gasteiger partial charge in [-0.05, 0) is 61.2 Å². The van der Waals surface area contributed by atoms with Crippen molar-refractivity contribution in [2.75, 3.05) is 11.9 Å². The fraction of sp³-hybridized carbons (Fsp3) is 0.235. The van der Waals surface area contributed by atoms with Crippen LogP contribution in [0.5, 0.6) is 0 Å². The Kier molecular flexibility index (Phi) is 4.93. The molecule has 4 heteroatoms. The molecule has 2 aromatic rings. The standard InChI is InChI=1S/C17H19FN2O/c1-12-6-7-16(10-13(12)2)20-17(21)19-9-8-14-4-3-5-15(18)11-14/h3-7,10-11H,8-9H2,1-2H3,(H2,19,20,21). The van der Waals surface area contributed by atoms with Gasteiger partial charge in [0.1, 0.15) is 5.82 Å². The van der Waals surface area contributed by atoms with Crippen LogP contribution in [0.25, 0.3) is 0 Å². The summed E-state index contributed by atoms with van der Waals surface area (Å²) in [5.74, 6) is -0.257. The molecule has 2 aromatic carbocycles. The zero-order chi connectivity index (χ0) is 15.2. The van der Waals surface area contributed by atoms with Gasteiger partial charge in [-0.2, -0.15) is 0 Å². The summed E-state index contributed by atoms with van der Waals surface area (Å²) >= 11 is 0. The first kappa shape index (κ1) is 15.0. The number of hydrogen-bond donors (Lipinski definition) is 2. The molecule has 110 valence electrons. The first-order valence-electron chi connectivity index (χ1n) is 6.91. The number of urea groups is 1. The second-order valence-corrected chi connectivity index (χ2v) is 5.06. The zero-order valence-electron chi connectivity index (χ0n) is 12.2. The molecule has 0 atom stereocenters. The Bertz CT molecular complexity index is 640. The third-order valence-electron chi connectivity index (χ3n) is 3.35. The van der Waals surface area contributed by atoms with Crippen molar-refractivity contribution in [3.8, 4) is 0 Å². The summed E-state index contributed by atoms with van der Waals surface area (Å²) < 4.78 is 13.0. The van der Waals surface area contributed by atoms with Crippen molar-refractivity contribution in [1.29, 1.82) is 0 Å². The number of carbonyl (C=O) groups excluding carboxylic acids is 1. The third kappa shape index (κ3) is 4.60. The minimum Gasteiger partial charge on any atom is -0.338 e. The highest BCUT2D eigenvalue weighted by molar-refractivity contribution is 5.89. The minimum absolute atomic E-state index is 0.255. The lowest BCUT2D eigenvalue weighted by Crippen LogP contribution is -2.30. The largest absolute Gasteiger partial charge is 0.338 e. The van der Waals surface area contributed by atoms with E-state index in [0.29, 0.717) is 13.0 Å². The van der Waals surface area contributed by atoms with Crippen molar-refractivity contribution in [1.82, 2.24) is 5.32 Å². The number of anilines is 1. The number of benzene rings is 2. The Morgan fingerprint density at radius 3 is 2.62 bits per heavy atom. The summed E-state index contributed by atoms with van der Waals surface area (Å²) in [6.07, 6.45) is 0.595. The molecule has 2 N–H and O–H groups in total. The van der Waals surface area contributed by atoms with E-state index < -0.39 is 0 Å². The number of halogens is 1. The maximum Gasteiger partial charge on any atom is 0.319 e. The van der Waals surface area contributed by atoms with E-state index in [2.05, 4.69) is 10.6 Å². The number of amides is 2. The normalized spacial score (nSPS) is 10.2. The van der Waals surface area contributed by atoms with Gasteiger partial charge < -0.3 is 10.6 Å². The van der Waals surface area contributed by atoms with Crippen LogP contribution in [0.15, 0.2) is 42.5 Å². The molecule has 2 rings (SSSR count). The van der Waals surface area contributed by atoms with E-state index in [9.17, 15) is 9.18 Å². The maximum absolute atomic E-state index is 13.0. The lowest BCUT2D eigenvalue weighted by atomic mass is 10.1. The van der Waals surface area contributed by atoms with Crippen molar-refractivity contribution < 1.29 is 9.18 Å². The Morgan fingerprint density at radius 1 is 1.10 bits per heavy atom. The summed E-state index contributed by atoms with van der Waals surface area (Å²) in [6.45, 7) is 4.49. The van der Waals surface area contributed by atoms with Crippen LogP contribution in [-0.4, -0.2) is 12.6 Å². The van der Waals surface area contributed by atoms with Gasteiger partial charge in [-0.25, -0.2) is 9.18 Å². The average Bonchev–Trinajstić information content (AvgIpc) is 2.43. The van der Waals surface area contributed by atoms with Gasteiger partial charge in [-0.15, -0.1) is 0 Å². The second kappa shape index (κ2) is 6.88.